The van der Waals surface area contributed by atoms with Crippen molar-refractivity contribution in [3.05, 3.63) is 24.3 Å². The number of fused-ring (bicyclic) bond motifs is 3. The fourth-order valence-corrected chi connectivity index (χ4v) is 6.70. The Kier molecular flexibility index (Phi) is 4.18. The van der Waals surface area contributed by atoms with Crippen molar-refractivity contribution < 1.29 is 17.2 Å². The largest absolute Gasteiger partial charge is 0.345 e. The molecule has 156 valence electrons. The minimum Gasteiger partial charge on any atom is -0.345 e. The van der Waals surface area contributed by atoms with Crippen LogP contribution in [-0.4, -0.2) is 62.1 Å². The van der Waals surface area contributed by atoms with Crippen LogP contribution < -0.4 is 0 Å². The maximum Gasteiger partial charge on any atom is 0.275 e. The van der Waals surface area contributed by atoms with E-state index in [9.17, 15) is 17.2 Å². The van der Waals surface area contributed by atoms with Crippen molar-refractivity contribution in [2.45, 2.75) is 38.0 Å². The van der Waals surface area contributed by atoms with Gasteiger partial charge < -0.3 is 4.98 Å². The van der Waals surface area contributed by atoms with Gasteiger partial charge in [0.15, 0.2) is 11.3 Å². The third-order valence-electron chi connectivity index (χ3n) is 6.27. The number of hydrogen-bond acceptors (Lipinski definition) is 5. The quantitative estimate of drug-likeness (QED) is 0.679. The first-order valence-electron chi connectivity index (χ1n) is 9.80. The number of nitrogens with zero attached hydrogens (tertiary/aromatic N) is 5. The van der Waals surface area contributed by atoms with E-state index in [2.05, 4.69) is 27.1 Å². The second-order valence-electron chi connectivity index (χ2n) is 8.24. The minimum atomic E-state index is -3.67. The van der Waals surface area contributed by atoms with Gasteiger partial charge in [-0.3, -0.25) is 4.40 Å². The molecule has 0 bridgehead atoms. The highest BCUT2D eigenvalue weighted by Crippen LogP contribution is 2.45. The Morgan fingerprint density at radius 3 is 2.79 bits per heavy atom. The number of aromatic nitrogens is 5. The van der Waals surface area contributed by atoms with Crippen LogP contribution in [-0.2, 0) is 10.0 Å². The highest BCUT2D eigenvalue weighted by molar-refractivity contribution is 7.89. The second kappa shape index (κ2) is 6.43. The van der Waals surface area contributed by atoms with Crippen LogP contribution in [0.2, 0.25) is 0 Å². The lowest BCUT2D eigenvalue weighted by Gasteiger charge is -2.38. The molecule has 29 heavy (non-hydrogen) atoms. The predicted molar refractivity (Wildman–Crippen MR) is 102 cm³/mol. The Hall–Kier alpha value is -2.14. The lowest BCUT2D eigenvalue weighted by molar-refractivity contribution is -0.0946. The molecule has 0 spiro atoms. The molecular formula is C18H22F2N6O2S. The van der Waals surface area contributed by atoms with Crippen LogP contribution >= 0.6 is 0 Å². The highest BCUT2D eigenvalue weighted by Gasteiger charge is 2.50. The van der Waals surface area contributed by atoms with Gasteiger partial charge in [0.25, 0.3) is 5.92 Å². The molecule has 1 saturated heterocycles. The van der Waals surface area contributed by atoms with Gasteiger partial charge in [-0.05, 0) is 30.7 Å². The molecule has 2 fully saturated rings. The number of nitrogens with one attached hydrogen (secondary N) is 1. The zero-order valence-electron chi connectivity index (χ0n) is 15.9. The summed E-state index contributed by atoms with van der Waals surface area (Å²) in [4.78, 5) is 7.42. The zero-order valence-corrected chi connectivity index (χ0v) is 16.7. The molecule has 11 heteroatoms. The standard InChI is InChI=1S/C18H22F2N6O2S/c1-2-12-5-11(8-29(27,28)25-9-18(19,20)10-25)6-13(12)17-24-23-15-7-22-16-14(26(15)17)3-4-21-16/h3-4,7,11-13,21H,2,5-6,8-10H2,1H3/t11-,12+,13?/m0/s1. The summed E-state index contributed by atoms with van der Waals surface area (Å²) in [6.45, 7) is 0.688. The molecule has 1 N–H and O–H groups in total. The lowest BCUT2D eigenvalue weighted by atomic mass is 9.93. The predicted octanol–water partition coefficient (Wildman–Crippen LogP) is 2.41. The fraction of sp³-hybridized carbons (Fsp3) is 0.611. The fourth-order valence-electron chi connectivity index (χ4n) is 4.85. The van der Waals surface area contributed by atoms with Gasteiger partial charge in [-0.1, -0.05) is 13.3 Å². The van der Waals surface area contributed by atoms with Gasteiger partial charge in [-0.25, -0.2) is 22.2 Å². The number of halogens is 2. The molecule has 1 aliphatic heterocycles. The maximum absolute atomic E-state index is 13.1. The van der Waals surface area contributed by atoms with Crippen LogP contribution in [0.5, 0.6) is 0 Å². The molecular weight excluding hydrogens is 402 g/mol. The molecule has 5 rings (SSSR count). The summed E-state index contributed by atoms with van der Waals surface area (Å²) >= 11 is 0. The van der Waals surface area contributed by atoms with Gasteiger partial charge in [0.1, 0.15) is 5.82 Å². The van der Waals surface area contributed by atoms with E-state index in [1.165, 1.54) is 0 Å². The van der Waals surface area contributed by atoms with Gasteiger partial charge in [-0.2, -0.15) is 4.31 Å². The molecule has 0 radical (unpaired) electrons. The van der Waals surface area contributed by atoms with Crippen LogP contribution in [0.15, 0.2) is 18.5 Å². The first-order valence-corrected chi connectivity index (χ1v) is 11.4. The first kappa shape index (κ1) is 18.9. The number of sulfonamides is 1. The molecule has 0 amide bonds. The van der Waals surface area contributed by atoms with Gasteiger partial charge >= 0.3 is 0 Å². The van der Waals surface area contributed by atoms with E-state index in [1.807, 2.05) is 16.7 Å². The second-order valence-corrected chi connectivity index (χ2v) is 10.2. The van der Waals surface area contributed by atoms with Gasteiger partial charge in [-0.15, -0.1) is 10.2 Å². The summed E-state index contributed by atoms with van der Waals surface area (Å²) in [5.74, 6) is -1.92. The molecule has 4 heterocycles. The van der Waals surface area contributed by atoms with E-state index >= 15 is 0 Å². The summed E-state index contributed by atoms with van der Waals surface area (Å²) in [5.41, 5.74) is 2.28. The van der Waals surface area contributed by atoms with Gasteiger partial charge in [0.2, 0.25) is 10.0 Å². The van der Waals surface area contributed by atoms with Gasteiger partial charge in [0, 0.05) is 12.1 Å². The van der Waals surface area contributed by atoms with E-state index in [-0.39, 0.29) is 23.5 Å². The van der Waals surface area contributed by atoms with Crippen molar-refractivity contribution in [1.29, 1.82) is 0 Å². The van der Waals surface area contributed by atoms with E-state index in [4.69, 9.17) is 0 Å². The Labute approximate surface area is 166 Å². The number of aromatic amines is 1. The van der Waals surface area contributed by atoms with E-state index in [0.717, 1.165) is 34.1 Å². The summed E-state index contributed by atoms with van der Waals surface area (Å²) in [7, 11) is -3.67. The normalized spacial score (nSPS) is 27.6. The Morgan fingerprint density at radius 1 is 1.28 bits per heavy atom. The average molecular weight is 424 g/mol. The monoisotopic (exact) mass is 424 g/mol. The van der Waals surface area contributed by atoms with Gasteiger partial charge in [0.05, 0.1) is 30.6 Å². The smallest absolute Gasteiger partial charge is 0.275 e. The Balaban J connectivity index is 1.42. The topological polar surface area (TPSA) is 96.2 Å². The molecule has 2 aliphatic rings. The lowest BCUT2D eigenvalue weighted by Crippen LogP contribution is -2.59. The van der Waals surface area contributed by atoms with Crippen LogP contribution in [0.1, 0.15) is 37.9 Å². The SMILES string of the molecule is CC[C@@H]1C[C@H](CS(=O)(=O)N2CC(F)(F)C2)CC1c1nnc2cnc3[nH]ccc3n12. The van der Waals surface area contributed by atoms with Crippen molar-refractivity contribution in [3.8, 4) is 0 Å². The number of alkyl halides is 2. The van der Waals surface area contributed by atoms with Crippen molar-refractivity contribution in [2.24, 2.45) is 11.8 Å². The van der Waals surface area contributed by atoms with Crippen molar-refractivity contribution >= 4 is 26.8 Å². The number of hydrogen-bond donors (Lipinski definition) is 1. The van der Waals surface area contributed by atoms with E-state index in [0.29, 0.717) is 12.1 Å². The molecule has 3 aromatic rings. The number of H-pyrrole nitrogens is 1. The highest BCUT2D eigenvalue weighted by atomic mass is 32.2. The van der Waals surface area contributed by atoms with Crippen LogP contribution in [0.4, 0.5) is 8.78 Å². The molecule has 1 aliphatic carbocycles. The summed E-state index contributed by atoms with van der Waals surface area (Å²) in [5, 5.41) is 8.67. The summed E-state index contributed by atoms with van der Waals surface area (Å²) in [6, 6.07) is 1.92. The molecule has 3 atom stereocenters. The van der Waals surface area contributed by atoms with E-state index in [1.54, 1.807) is 6.20 Å². The van der Waals surface area contributed by atoms with Crippen molar-refractivity contribution in [3.63, 3.8) is 0 Å². The van der Waals surface area contributed by atoms with Crippen LogP contribution in [0.25, 0.3) is 16.8 Å². The Morgan fingerprint density at radius 2 is 2.07 bits per heavy atom. The third kappa shape index (κ3) is 3.10. The first-order chi connectivity index (χ1) is 13.8. The Bertz CT molecular complexity index is 1170. The molecule has 1 unspecified atom stereocenters. The third-order valence-corrected chi connectivity index (χ3v) is 8.21. The molecule has 8 nitrogen and oxygen atoms in total. The van der Waals surface area contributed by atoms with Crippen molar-refractivity contribution in [2.75, 3.05) is 18.8 Å². The van der Waals surface area contributed by atoms with Crippen molar-refractivity contribution in [1.82, 2.24) is 28.9 Å². The number of rotatable bonds is 5. The molecule has 3 aromatic heterocycles. The average Bonchev–Trinajstić information content (AvgIpc) is 3.35. The van der Waals surface area contributed by atoms with Crippen LogP contribution in [0.3, 0.4) is 0 Å². The zero-order chi connectivity index (χ0) is 20.4. The maximum atomic E-state index is 13.1. The molecule has 0 aromatic carbocycles. The van der Waals surface area contributed by atoms with Crippen LogP contribution in [0, 0.1) is 11.8 Å². The van der Waals surface area contributed by atoms with E-state index < -0.39 is 29.0 Å². The summed E-state index contributed by atoms with van der Waals surface area (Å²) < 4.78 is 54.2. The summed E-state index contributed by atoms with van der Waals surface area (Å²) in [6.07, 6.45) is 5.75. The molecule has 1 saturated carbocycles. The minimum absolute atomic E-state index is 0.0635.